The molecule has 0 heterocycles. The summed E-state index contributed by atoms with van der Waals surface area (Å²) in [7, 11) is 0. The van der Waals surface area contributed by atoms with Crippen LogP contribution in [0.4, 0.5) is 0 Å². The average molecular weight is 545 g/mol. The van der Waals surface area contributed by atoms with Gasteiger partial charge < -0.3 is 28.4 Å². The fourth-order valence-electron chi connectivity index (χ4n) is 3.97. The molecule has 0 unspecified atom stereocenters. The Balaban J connectivity index is 3.14. The smallest absolute Gasteiger partial charge is 0.305 e. The topological polar surface area (TPSA) is 72.5 Å². The van der Waals surface area contributed by atoms with Gasteiger partial charge in [-0.15, -0.1) is 6.58 Å². The fraction of sp³-hybridized carbons (Fsp3) is 0.903. The Kier molecular flexibility index (Phi) is 33.2. The van der Waals surface area contributed by atoms with Crippen LogP contribution < -0.4 is 0 Å². The molecule has 0 aromatic carbocycles. The first-order valence-corrected chi connectivity index (χ1v) is 15.5. The molecular formula is C31H60O7. The summed E-state index contributed by atoms with van der Waals surface area (Å²) in [5, 5.41) is 0. The van der Waals surface area contributed by atoms with Crippen LogP contribution in [0.2, 0.25) is 0 Å². The zero-order chi connectivity index (χ0) is 27.6. The van der Waals surface area contributed by atoms with Crippen molar-refractivity contribution >= 4 is 5.97 Å². The summed E-state index contributed by atoms with van der Waals surface area (Å²) in [6.07, 6.45) is 22.1. The second-order valence-corrected chi connectivity index (χ2v) is 9.73. The SMILES string of the molecule is C=CCOCCOCCOCCOCCOCCOC(=O)CCCCCCCCCCCCCCCCC. The van der Waals surface area contributed by atoms with Crippen LogP contribution in [0.5, 0.6) is 0 Å². The molecule has 0 spiro atoms. The lowest BCUT2D eigenvalue weighted by Crippen LogP contribution is -2.15. The van der Waals surface area contributed by atoms with Gasteiger partial charge in [-0.05, 0) is 6.42 Å². The molecule has 0 aliphatic rings. The van der Waals surface area contributed by atoms with Gasteiger partial charge in [-0.2, -0.15) is 0 Å². The summed E-state index contributed by atoms with van der Waals surface area (Å²) < 4.78 is 32.1. The zero-order valence-corrected chi connectivity index (χ0v) is 24.7. The lowest BCUT2D eigenvalue weighted by atomic mass is 10.0. The summed E-state index contributed by atoms with van der Waals surface area (Å²) in [6, 6.07) is 0. The molecule has 0 fully saturated rings. The third kappa shape index (κ3) is 33.0. The van der Waals surface area contributed by atoms with Crippen LogP contribution in [0.25, 0.3) is 0 Å². The van der Waals surface area contributed by atoms with Gasteiger partial charge in [-0.1, -0.05) is 103 Å². The van der Waals surface area contributed by atoms with E-state index in [0.717, 1.165) is 12.8 Å². The lowest BCUT2D eigenvalue weighted by Gasteiger charge is -2.08. The number of carbonyl (C=O) groups is 1. The molecule has 0 N–H and O–H groups in total. The molecule has 7 nitrogen and oxygen atoms in total. The first-order valence-electron chi connectivity index (χ1n) is 15.5. The molecule has 226 valence electrons. The normalized spacial score (nSPS) is 11.2. The van der Waals surface area contributed by atoms with Crippen molar-refractivity contribution in [3.05, 3.63) is 12.7 Å². The van der Waals surface area contributed by atoms with Gasteiger partial charge in [-0.3, -0.25) is 4.79 Å². The molecule has 38 heavy (non-hydrogen) atoms. The minimum Gasteiger partial charge on any atom is -0.463 e. The van der Waals surface area contributed by atoms with E-state index in [9.17, 15) is 4.79 Å². The number of hydrogen-bond acceptors (Lipinski definition) is 7. The fourth-order valence-corrected chi connectivity index (χ4v) is 3.97. The van der Waals surface area contributed by atoms with Crippen molar-refractivity contribution < 1.29 is 33.2 Å². The second-order valence-electron chi connectivity index (χ2n) is 9.73. The van der Waals surface area contributed by atoms with E-state index in [0.29, 0.717) is 79.1 Å². The standard InChI is InChI=1S/C31H60O7/c1-3-5-6-7-8-9-10-11-12-13-14-15-16-17-18-19-31(32)38-30-29-37-28-27-36-26-25-35-24-23-34-22-21-33-20-4-2/h4H,2-3,5-30H2,1H3. The van der Waals surface area contributed by atoms with Gasteiger partial charge >= 0.3 is 5.97 Å². The summed E-state index contributed by atoms with van der Waals surface area (Å²) in [5.41, 5.74) is 0. The van der Waals surface area contributed by atoms with Crippen LogP contribution >= 0.6 is 0 Å². The number of hydrogen-bond donors (Lipinski definition) is 0. The minimum atomic E-state index is -0.120. The number of carbonyl (C=O) groups excluding carboxylic acids is 1. The van der Waals surface area contributed by atoms with E-state index in [-0.39, 0.29) is 5.97 Å². The van der Waals surface area contributed by atoms with E-state index < -0.39 is 0 Å². The average Bonchev–Trinajstić information content (AvgIpc) is 2.92. The van der Waals surface area contributed by atoms with E-state index in [1.807, 2.05) is 0 Å². The molecule has 0 radical (unpaired) electrons. The number of esters is 1. The Hall–Kier alpha value is -0.990. The highest BCUT2D eigenvalue weighted by Crippen LogP contribution is 2.13. The van der Waals surface area contributed by atoms with Crippen molar-refractivity contribution in [2.24, 2.45) is 0 Å². The Morgan fingerprint density at radius 1 is 0.500 bits per heavy atom. The molecule has 0 aromatic heterocycles. The van der Waals surface area contributed by atoms with Gasteiger partial charge in [0.2, 0.25) is 0 Å². The molecule has 0 rings (SSSR count). The molecule has 0 aliphatic heterocycles. The van der Waals surface area contributed by atoms with Crippen LogP contribution in [0.3, 0.4) is 0 Å². The maximum atomic E-state index is 11.8. The Labute approximate surface area is 234 Å². The van der Waals surface area contributed by atoms with Crippen molar-refractivity contribution in [2.45, 2.75) is 110 Å². The minimum absolute atomic E-state index is 0.120. The Morgan fingerprint density at radius 2 is 0.842 bits per heavy atom. The molecule has 0 saturated carbocycles. The third-order valence-corrected chi connectivity index (χ3v) is 6.20. The molecular weight excluding hydrogens is 484 g/mol. The molecule has 0 atom stereocenters. The van der Waals surface area contributed by atoms with Gasteiger partial charge in [0, 0.05) is 6.42 Å². The largest absolute Gasteiger partial charge is 0.463 e. The number of unbranched alkanes of at least 4 members (excludes halogenated alkanes) is 14. The van der Waals surface area contributed by atoms with Gasteiger partial charge in [0.05, 0.1) is 66.1 Å². The van der Waals surface area contributed by atoms with Crippen molar-refractivity contribution in [3.63, 3.8) is 0 Å². The third-order valence-electron chi connectivity index (χ3n) is 6.20. The van der Waals surface area contributed by atoms with Gasteiger partial charge in [0.25, 0.3) is 0 Å². The lowest BCUT2D eigenvalue weighted by molar-refractivity contribution is -0.145. The van der Waals surface area contributed by atoms with Crippen LogP contribution in [0, 0.1) is 0 Å². The zero-order valence-electron chi connectivity index (χ0n) is 24.7. The van der Waals surface area contributed by atoms with E-state index >= 15 is 0 Å². The number of ether oxygens (including phenoxy) is 6. The molecule has 7 heteroatoms. The maximum Gasteiger partial charge on any atom is 0.305 e. The Morgan fingerprint density at radius 3 is 1.24 bits per heavy atom. The summed E-state index contributed by atoms with van der Waals surface area (Å²) in [5.74, 6) is -0.120. The van der Waals surface area contributed by atoms with Crippen LogP contribution in [0.1, 0.15) is 110 Å². The van der Waals surface area contributed by atoms with Crippen LogP contribution in [-0.4, -0.2) is 78.6 Å². The van der Waals surface area contributed by atoms with Gasteiger partial charge in [0.15, 0.2) is 0 Å². The highest BCUT2D eigenvalue weighted by molar-refractivity contribution is 5.69. The molecule has 0 aliphatic carbocycles. The summed E-state index contributed by atoms with van der Waals surface area (Å²) in [6.45, 7) is 11.3. The van der Waals surface area contributed by atoms with E-state index in [1.54, 1.807) is 6.08 Å². The van der Waals surface area contributed by atoms with Crippen molar-refractivity contribution in [2.75, 3.05) is 72.7 Å². The van der Waals surface area contributed by atoms with E-state index in [4.69, 9.17) is 28.4 Å². The highest BCUT2D eigenvalue weighted by atomic mass is 16.6. The van der Waals surface area contributed by atoms with E-state index in [1.165, 1.54) is 83.5 Å². The molecule has 0 bridgehead atoms. The van der Waals surface area contributed by atoms with Crippen molar-refractivity contribution in [1.82, 2.24) is 0 Å². The van der Waals surface area contributed by atoms with Gasteiger partial charge in [0.1, 0.15) is 6.61 Å². The van der Waals surface area contributed by atoms with Crippen LogP contribution in [-0.2, 0) is 33.2 Å². The Bertz CT molecular complexity index is 473. The first-order chi connectivity index (χ1) is 18.8. The second kappa shape index (κ2) is 34.0. The molecule has 0 aromatic rings. The van der Waals surface area contributed by atoms with Gasteiger partial charge in [-0.25, -0.2) is 0 Å². The molecule has 0 amide bonds. The van der Waals surface area contributed by atoms with Crippen molar-refractivity contribution in [3.8, 4) is 0 Å². The molecule has 0 saturated heterocycles. The van der Waals surface area contributed by atoms with Crippen LogP contribution in [0.15, 0.2) is 12.7 Å². The maximum absolute atomic E-state index is 11.8. The van der Waals surface area contributed by atoms with Crippen molar-refractivity contribution in [1.29, 1.82) is 0 Å². The summed E-state index contributed by atoms with van der Waals surface area (Å²) >= 11 is 0. The predicted molar refractivity (Wildman–Crippen MR) is 155 cm³/mol. The highest BCUT2D eigenvalue weighted by Gasteiger charge is 2.03. The van der Waals surface area contributed by atoms with E-state index in [2.05, 4.69) is 13.5 Å². The quantitative estimate of drug-likeness (QED) is 0.0497. The first kappa shape index (κ1) is 37.0. The monoisotopic (exact) mass is 544 g/mol. The number of rotatable bonds is 33. The predicted octanol–water partition coefficient (Wildman–Crippen LogP) is 7.06. The summed E-state index contributed by atoms with van der Waals surface area (Å²) in [4.78, 5) is 11.8.